The molecule has 1 rings (SSSR count). The highest BCUT2D eigenvalue weighted by atomic mass is 16.5. The van der Waals surface area contributed by atoms with Gasteiger partial charge in [-0.1, -0.05) is 19.1 Å². The van der Waals surface area contributed by atoms with E-state index in [1.165, 1.54) is 0 Å². The van der Waals surface area contributed by atoms with Gasteiger partial charge in [-0.05, 0) is 25.2 Å². The third-order valence-electron chi connectivity index (χ3n) is 4.44. The summed E-state index contributed by atoms with van der Waals surface area (Å²) in [5.74, 6) is -0.889. The van der Waals surface area contributed by atoms with Gasteiger partial charge in [0.15, 0.2) is 5.78 Å². The molecular formula is C20H37N5O5. The maximum atomic E-state index is 11.9. The van der Waals surface area contributed by atoms with E-state index in [0.717, 1.165) is 12.1 Å². The smallest absolute Gasteiger partial charge is 0.215 e. The van der Waals surface area contributed by atoms with Gasteiger partial charge < -0.3 is 25.7 Å². The van der Waals surface area contributed by atoms with Crippen LogP contribution in [0.4, 0.5) is 0 Å². The van der Waals surface area contributed by atoms with Crippen LogP contribution in [0, 0.1) is 5.92 Å². The van der Waals surface area contributed by atoms with Crippen LogP contribution in [0.15, 0.2) is 6.20 Å². The number of ether oxygens (including phenoxy) is 3. The zero-order valence-corrected chi connectivity index (χ0v) is 18.3. The molecule has 0 aliphatic carbocycles. The molecule has 172 valence electrons. The molecule has 0 fully saturated rings. The van der Waals surface area contributed by atoms with E-state index in [1.807, 2.05) is 20.0 Å². The van der Waals surface area contributed by atoms with E-state index < -0.39 is 11.8 Å². The van der Waals surface area contributed by atoms with Crippen molar-refractivity contribution < 1.29 is 23.8 Å². The zero-order chi connectivity index (χ0) is 22.2. The molecule has 10 nitrogen and oxygen atoms in total. The second-order valence-electron chi connectivity index (χ2n) is 7.36. The standard InChI is InChI=1S/C20H37N5O5/c1-16(2)19(22)20(27)18(26)6-4-3-5-17-15-25(24-23-17)8-10-29-12-14-30-13-11-28-9-7-21/h15-16,19H,3-14,21-22H2,1-2H3/t19-/m0/s1. The minimum absolute atomic E-state index is 0.0333. The summed E-state index contributed by atoms with van der Waals surface area (Å²) < 4.78 is 17.8. The highest BCUT2D eigenvalue weighted by Gasteiger charge is 2.23. The monoisotopic (exact) mass is 427 g/mol. The molecule has 0 aliphatic rings. The first-order valence-electron chi connectivity index (χ1n) is 10.6. The van der Waals surface area contributed by atoms with Gasteiger partial charge in [-0.3, -0.25) is 9.59 Å². The predicted octanol–water partition coefficient (Wildman–Crippen LogP) is 0.121. The van der Waals surface area contributed by atoms with Crippen LogP contribution in [0.2, 0.25) is 0 Å². The van der Waals surface area contributed by atoms with E-state index in [0.29, 0.717) is 65.6 Å². The third-order valence-corrected chi connectivity index (χ3v) is 4.44. The van der Waals surface area contributed by atoms with Crippen molar-refractivity contribution >= 4 is 11.6 Å². The predicted molar refractivity (Wildman–Crippen MR) is 112 cm³/mol. The molecule has 0 unspecified atom stereocenters. The molecule has 0 aromatic carbocycles. The van der Waals surface area contributed by atoms with Gasteiger partial charge in [0.25, 0.3) is 0 Å². The Hall–Kier alpha value is -1.72. The van der Waals surface area contributed by atoms with Gasteiger partial charge in [0.2, 0.25) is 5.78 Å². The number of unbranched alkanes of at least 4 members (excludes halogenated alkanes) is 1. The fraction of sp³-hybridized carbons (Fsp3) is 0.800. The lowest BCUT2D eigenvalue weighted by molar-refractivity contribution is -0.137. The molecule has 1 atom stereocenters. The molecule has 0 radical (unpaired) electrons. The van der Waals surface area contributed by atoms with E-state index in [9.17, 15) is 9.59 Å². The number of ketones is 2. The Kier molecular flexibility index (Phi) is 14.1. The van der Waals surface area contributed by atoms with Crippen molar-refractivity contribution in [1.82, 2.24) is 15.0 Å². The van der Waals surface area contributed by atoms with Crippen LogP contribution >= 0.6 is 0 Å². The average Bonchev–Trinajstić information content (AvgIpc) is 3.18. The molecule has 0 saturated carbocycles. The largest absolute Gasteiger partial charge is 0.378 e. The number of rotatable bonds is 19. The first-order valence-corrected chi connectivity index (χ1v) is 10.6. The topological polar surface area (TPSA) is 145 Å². The van der Waals surface area contributed by atoms with Crippen LogP contribution in [0.1, 0.15) is 38.8 Å². The van der Waals surface area contributed by atoms with E-state index in [1.54, 1.807) is 4.68 Å². The van der Waals surface area contributed by atoms with Crippen molar-refractivity contribution in [3.63, 3.8) is 0 Å². The number of hydrogen-bond acceptors (Lipinski definition) is 9. The molecule has 0 amide bonds. The van der Waals surface area contributed by atoms with Crippen LogP contribution in [0.3, 0.4) is 0 Å². The van der Waals surface area contributed by atoms with Crippen molar-refractivity contribution in [2.45, 2.75) is 52.1 Å². The molecule has 0 spiro atoms. The summed E-state index contributed by atoms with van der Waals surface area (Å²) in [6.07, 6.45) is 4.19. The van der Waals surface area contributed by atoms with E-state index in [4.69, 9.17) is 25.7 Å². The molecule has 0 aliphatic heterocycles. The third kappa shape index (κ3) is 11.5. The number of aromatic nitrogens is 3. The summed E-state index contributed by atoms with van der Waals surface area (Å²) in [7, 11) is 0. The zero-order valence-electron chi connectivity index (χ0n) is 18.3. The minimum Gasteiger partial charge on any atom is -0.378 e. The van der Waals surface area contributed by atoms with Crippen LogP contribution in [-0.4, -0.2) is 78.8 Å². The van der Waals surface area contributed by atoms with Gasteiger partial charge in [-0.15, -0.1) is 5.10 Å². The van der Waals surface area contributed by atoms with Gasteiger partial charge in [0.1, 0.15) is 0 Å². The lowest BCUT2D eigenvalue weighted by Crippen LogP contribution is -2.40. The fourth-order valence-electron chi connectivity index (χ4n) is 2.55. The number of carbonyl (C=O) groups excluding carboxylic acids is 2. The first kappa shape index (κ1) is 26.3. The summed E-state index contributed by atoms with van der Waals surface area (Å²) >= 11 is 0. The van der Waals surface area contributed by atoms with Crippen LogP contribution in [-0.2, 0) is 36.8 Å². The van der Waals surface area contributed by atoms with Crippen LogP contribution in [0.25, 0.3) is 0 Å². The second-order valence-corrected chi connectivity index (χ2v) is 7.36. The van der Waals surface area contributed by atoms with Crippen LogP contribution in [0.5, 0.6) is 0 Å². The summed E-state index contributed by atoms with van der Waals surface area (Å²) in [5.41, 5.74) is 11.9. The van der Waals surface area contributed by atoms with E-state index in [2.05, 4.69) is 10.3 Å². The summed E-state index contributed by atoms with van der Waals surface area (Å²) in [4.78, 5) is 23.7. The number of carbonyl (C=O) groups is 2. The molecule has 4 N–H and O–H groups in total. The summed E-state index contributed by atoms with van der Waals surface area (Å²) in [6.45, 7) is 7.93. The van der Waals surface area contributed by atoms with Crippen molar-refractivity contribution in [3.05, 3.63) is 11.9 Å². The summed E-state index contributed by atoms with van der Waals surface area (Å²) in [6, 6.07) is -0.707. The fourth-order valence-corrected chi connectivity index (χ4v) is 2.55. The first-order chi connectivity index (χ1) is 14.5. The van der Waals surface area contributed by atoms with Crippen molar-refractivity contribution in [3.8, 4) is 0 Å². The Morgan fingerprint density at radius 3 is 2.30 bits per heavy atom. The lowest BCUT2D eigenvalue weighted by atomic mass is 9.96. The Morgan fingerprint density at radius 1 is 1.03 bits per heavy atom. The van der Waals surface area contributed by atoms with Crippen molar-refractivity contribution in [2.24, 2.45) is 17.4 Å². The minimum atomic E-state index is -0.707. The highest BCUT2D eigenvalue weighted by molar-refractivity contribution is 6.39. The number of hydrogen-bond donors (Lipinski definition) is 2. The number of nitrogens with two attached hydrogens (primary N) is 2. The van der Waals surface area contributed by atoms with E-state index >= 15 is 0 Å². The SMILES string of the molecule is CC(C)[C@H](N)C(=O)C(=O)CCCCc1cn(CCOCCOCCOCCN)nn1. The Labute approximate surface area is 178 Å². The van der Waals surface area contributed by atoms with Crippen molar-refractivity contribution in [1.29, 1.82) is 0 Å². The van der Waals surface area contributed by atoms with Gasteiger partial charge in [0, 0.05) is 19.2 Å². The molecule has 0 saturated heterocycles. The summed E-state index contributed by atoms with van der Waals surface area (Å²) in [5, 5.41) is 8.19. The normalized spacial score (nSPS) is 12.4. The van der Waals surface area contributed by atoms with Crippen LogP contribution < -0.4 is 11.5 Å². The highest BCUT2D eigenvalue weighted by Crippen LogP contribution is 2.07. The number of Topliss-reactive ketones (excluding diaryl/α,β-unsaturated/α-hetero) is 2. The van der Waals surface area contributed by atoms with Gasteiger partial charge >= 0.3 is 0 Å². The molecule has 10 heteroatoms. The Balaban J connectivity index is 2.07. The molecule has 1 heterocycles. The maximum absolute atomic E-state index is 11.9. The molecule has 0 bridgehead atoms. The van der Waals surface area contributed by atoms with Gasteiger partial charge in [0.05, 0.1) is 57.9 Å². The van der Waals surface area contributed by atoms with Gasteiger partial charge in [-0.25, -0.2) is 4.68 Å². The second kappa shape index (κ2) is 16.0. The lowest BCUT2D eigenvalue weighted by Gasteiger charge is -2.12. The molecular weight excluding hydrogens is 390 g/mol. The molecule has 1 aromatic rings. The average molecular weight is 428 g/mol. The molecule has 1 aromatic heterocycles. The maximum Gasteiger partial charge on any atom is 0.215 e. The Bertz CT molecular complexity index is 608. The number of nitrogens with zero attached hydrogens (tertiary/aromatic N) is 3. The number of aryl methyl sites for hydroxylation is 1. The van der Waals surface area contributed by atoms with Crippen molar-refractivity contribution in [2.75, 3.05) is 46.2 Å². The molecule has 30 heavy (non-hydrogen) atoms. The van der Waals surface area contributed by atoms with Gasteiger partial charge in [-0.2, -0.15) is 0 Å². The quantitative estimate of drug-likeness (QED) is 0.232. The Morgan fingerprint density at radius 2 is 1.67 bits per heavy atom. The van der Waals surface area contributed by atoms with E-state index in [-0.39, 0.29) is 18.1 Å².